The number of aromatic amines is 1. The number of halogens is 1. The fraction of sp³-hybridized carbons (Fsp3) is 0.0833. The van der Waals surface area contributed by atoms with Gasteiger partial charge in [0.05, 0.1) is 11.4 Å². The van der Waals surface area contributed by atoms with Crippen molar-refractivity contribution >= 4 is 28.2 Å². The van der Waals surface area contributed by atoms with Crippen LogP contribution < -0.4 is 5.32 Å². The second-order valence-corrected chi connectivity index (χ2v) is 7.10. The van der Waals surface area contributed by atoms with Gasteiger partial charge in [0.25, 0.3) is 0 Å². The molecule has 0 saturated heterocycles. The van der Waals surface area contributed by atoms with Crippen LogP contribution in [0, 0.1) is 5.82 Å². The van der Waals surface area contributed by atoms with Crippen molar-refractivity contribution in [2.24, 2.45) is 4.99 Å². The van der Waals surface area contributed by atoms with Gasteiger partial charge < -0.3 is 10.3 Å². The fourth-order valence-electron chi connectivity index (χ4n) is 3.82. The molecule has 3 aromatic carbocycles. The highest BCUT2D eigenvalue weighted by Crippen LogP contribution is 2.33. The number of fused-ring (bicyclic) bond motifs is 2. The van der Waals surface area contributed by atoms with Crippen molar-refractivity contribution in [2.45, 2.75) is 13.0 Å². The van der Waals surface area contributed by atoms with E-state index in [0.29, 0.717) is 28.1 Å². The van der Waals surface area contributed by atoms with Crippen LogP contribution in [0.3, 0.4) is 0 Å². The molecule has 2 heterocycles. The number of carbonyl (C=O) groups is 1. The normalized spacial score (nSPS) is 16.1. The summed E-state index contributed by atoms with van der Waals surface area (Å²) >= 11 is 0. The molecule has 0 unspecified atom stereocenters. The van der Waals surface area contributed by atoms with E-state index in [4.69, 9.17) is 0 Å². The number of amides is 1. The molecule has 0 spiro atoms. The first kappa shape index (κ1) is 17.4. The molecule has 5 rings (SSSR count). The van der Waals surface area contributed by atoms with E-state index in [0.717, 1.165) is 16.5 Å². The third kappa shape index (κ3) is 2.83. The Balaban J connectivity index is 1.74. The SMILES string of the molecule is C[C@H]1N=C(c2cccc(-c3cccc4[nH]ccc34)c2F)c2ccccc2NC1=O. The number of hydrogen-bond acceptors (Lipinski definition) is 2. The highest BCUT2D eigenvalue weighted by atomic mass is 19.1. The van der Waals surface area contributed by atoms with Gasteiger partial charge in [0.1, 0.15) is 11.9 Å². The standard InChI is InChI=1S/C24H18FN3O/c1-14-24(29)28-21-10-3-2-6-18(21)23(27-14)19-9-4-8-17(22(19)25)15-7-5-11-20-16(15)12-13-26-20/h2-14,26H,1H3,(H,28,29)/t14-/m1/s1. The second kappa shape index (κ2) is 6.71. The molecule has 1 aliphatic rings. The number of hydrogen-bond donors (Lipinski definition) is 2. The largest absolute Gasteiger partial charge is 0.361 e. The van der Waals surface area contributed by atoms with E-state index in [2.05, 4.69) is 15.3 Å². The summed E-state index contributed by atoms with van der Waals surface area (Å²) in [6.07, 6.45) is 1.85. The van der Waals surface area contributed by atoms with Gasteiger partial charge in [-0.25, -0.2) is 4.39 Å². The van der Waals surface area contributed by atoms with Crippen LogP contribution in [0.1, 0.15) is 18.1 Å². The van der Waals surface area contributed by atoms with Gasteiger partial charge >= 0.3 is 0 Å². The molecule has 0 bridgehead atoms. The van der Waals surface area contributed by atoms with Crippen molar-refractivity contribution in [3.05, 3.63) is 89.9 Å². The van der Waals surface area contributed by atoms with Gasteiger partial charge in [-0.15, -0.1) is 0 Å². The number of aromatic nitrogens is 1. The fourth-order valence-corrected chi connectivity index (χ4v) is 3.82. The number of H-pyrrole nitrogens is 1. The molecule has 1 atom stereocenters. The first-order valence-corrected chi connectivity index (χ1v) is 9.47. The average Bonchev–Trinajstić information content (AvgIpc) is 3.17. The summed E-state index contributed by atoms with van der Waals surface area (Å²) in [7, 11) is 0. The molecule has 1 aromatic heterocycles. The van der Waals surface area contributed by atoms with Crippen molar-refractivity contribution in [3.8, 4) is 11.1 Å². The summed E-state index contributed by atoms with van der Waals surface area (Å²) in [6, 6.07) is 19.8. The van der Waals surface area contributed by atoms with Gasteiger partial charge in [0.15, 0.2) is 0 Å². The van der Waals surface area contributed by atoms with Crippen LogP contribution in [0.4, 0.5) is 10.1 Å². The van der Waals surface area contributed by atoms with Gasteiger partial charge in [0.2, 0.25) is 5.91 Å². The van der Waals surface area contributed by atoms with E-state index in [1.165, 1.54) is 0 Å². The number of aliphatic imine (C=N–C) groups is 1. The van der Waals surface area contributed by atoms with Crippen molar-refractivity contribution in [1.29, 1.82) is 0 Å². The predicted molar refractivity (Wildman–Crippen MR) is 114 cm³/mol. The highest BCUT2D eigenvalue weighted by Gasteiger charge is 2.25. The van der Waals surface area contributed by atoms with Crippen LogP contribution in [0.15, 0.2) is 77.9 Å². The summed E-state index contributed by atoms with van der Waals surface area (Å²) in [6.45, 7) is 1.71. The molecule has 1 aliphatic heterocycles. The number of para-hydroxylation sites is 1. The van der Waals surface area contributed by atoms with Crippen LogP contribution in [-0.4, -0.2) is 22.6 Å². The lowest BCUT2D eigenvalue weighted by Gasteiger charge is -2.13. The maximum Gasteiger partial charge on any atom is 0.248 e. The van der Waals surface area contributed by atoms with Gasteiger partial charge in [-0.05, 0) is 36.8 Å². The monoisotopic (exact) mass is 383 g/mol. The van der Waals surface area contributed by atoms with Crippen molar-refractivity contribution < 1.29 is 9.18 Å². The Morgan fingerprint density at radius 1 is 0.862 bits per heavy atom. The molecule has 1 amide bonds. The molecular formula is C24H18FN3O. The van der Waals surface area contributed by atoms with Crippen LogP contribution in [0.25, 0.3) is 22.0 Å². The lowest BCUT2D eigenvalue weighted by molar-refractivity contribution is -0.116. The van der Waals surface area contributed by atoms with Crippen LogP contribution in [0.2, 0.25) is 0 Å². The second-order valence-electron chi connectivity index (χ2n) is 7.10. The Hall–Kier alpha value is -3.73. The summed E-state index contributed by atoms with van der Waals surface area (Å²) in [5.41, 5.74) is 4.47. The average molecular weight is 383 g/mol. The summed E-state index contributed by atoms with van der Waals surface area (Å²) in [5, 5.41) is 3.83. The molecule has 0 aliphatic carbocycles. The van der Waals surface area contributed by atoms with E-state index in [-0.39, 0.29) is 11.7 Å². The molecule has 0 radical (unpaired) electrons. The molecule has 29 heavy (non-hydrogen) atoms. The van der Waals surface area contributed by atoms with E-state index < -0.39 is 6.04 Å². The number of nitrogens with one attached hydrogen (secondary N) is 2. The maximum absolute atomic E-state index is 15.8. The van der Waals surface area contributed by atoms with E-state index in [1.54, 1.807) is 19.1 Å². The number of nitrogens with zero attached hydrogens (tertiary/aromatic N) is 1. The summed E-state index contributed by atoms with van der Waals surface area (Å²) in [5.74, 6) is -0.558. The first-order valence-electron chi connectivity index (χ1n) is 9.47. The molecule has 142 valence electrons. The predicted octanol–water partition coefficient (Wildman–Crippen LogP) is 5.15. The molecule has 0 fully saturated rings. The topological polar surface area (TPSA) is 57.2 Å². The Morgan fingerprint density at radius 2 is 1.59 bits per heavy atom. The Bertz CT molecular complexity index is 1290. The van der Waals surface area contributed by atoms with Crippen molar-refractivity contribution in [3.63, 3.8) is 0 Å². The van der Waals surface area contributed by atoms with Gasteiger partial charge in [-0.3, -0.25) is 9.79 Å². The third-order valence-electron chi connectivity index (χ3n) is 5.28. The summed E-state index contributed by atoms with van der Waals surface area (Å²) < 4.78 is 15.8. The van der Waals surface area contributed by atoms with Crippen LogP contribution >= 0.6 is 0 Å². The zero-order chi connectivity index (χ0) is 20.0. The lowest BCUT2D eigenvalue weighted by atomic mass is 9.94. The molecule has 5 heteroatoms. The van der Waals surface area contributed by atoms with Crippen LogP contribution in [-0.2, 0) is 4.79 Å². The minimum Gasteiger partial charge on any atom is -0.361 e. The zero-order valence-corrected chi connectivity index (χ0v) is 15.7. The molecule has 4 aromatic rings. The number of benzene rings is 3. The Kier molecular flexibility index (Phi) is 4.02. The smallest absolute Gasteiger partial charge is 0.248 e. The maximum atomic E-state index is 15.8. The lowest BCUT2D eigenvalue weighted by Crippen LogP contribution is -2.22. The highest BCUT2D eigenvalue weighted by molar-refractivity contribution is 6.20. The minimum absolute atomic E-state index is 0.207. The first-order chi connectivity index (χ1) is 14.1. The zero-order valence-electron chi connectivity index (χ0n) is 15.7. The van der Waals surface area contributed by atoms with Gasteiger partial charge in [-0.2, -0.15) is 0 Å². The van der Waals surface area contributed by atoms with Gasteiger partial charge in [-0.1, -0.05) is 42.5 Å². The summed E-state index contributed by atoms with van der Waals surface area (Å²) in [4.78, 5) is 20.1. The van der Waals surface area contributed by atoms with Gasteiger partial charge in [0, 0.05) is 33.8 Å². The van der Waals surface area contributed by atoms with E-state index in [1.807, 2.05) is 60.8 Å². The molecule has 4 nitrogen and oxygen atoms in total. The number of benzodiazepines with no additional fused rings is 1. The number of carbonyl (C=O) groups excluding carboxylic acids is 1. The van der Waals surface area contributed by atoms with Crippen molar-refractivity contribution in [2.75, 3.05) is 5.32 Å². The van der Waals surface area contributed by atoms with E-state index >= 15 is 4.39 Å². The minimum atomic E-state index is -0.617. The molecule has 2 N–H and O–H groups in total. The van der Waals surface area contributed by atoms with Crippen LogP contribution in [0.5, 0.6) is 0 Å². The van der Waals surface area contributed by atoms with Crippen molar-refractivity contribution in [1.82, 2.24) is 4.98 Å². The Labute approximate surface area is 167 Å². The molecular weight excluding hydrogens is 365 g/mol. The molecule has 0 saturated carbocycles. The quantitative estimate of drug-likeness (QED) is 0.494. The number of anilines is 1. The third-order valence-corrected chi connectivity index (χ3v) is 5.28. The van der Waals surface area contributed by atoms with E-state index in [9.17, 15) is 4.79 Å². The number of rotatable bonds is 2. The Morgan fingerprint density at radius 3 is 2.48 bits per heavy atom.